The van der Waals surface area contributed by atoms with E-state index in [1.165, 1.54) is 32.2 Å². The lowest BCUT2D eigenvalue weighted by molar-refractivity contribution is 0.287. The van der Waals surface area contributed by atoms with Crippen LogP contribution in [0.3, 0.4) is 0 Å². The van der Waals surface area contributed by atoms with Crippen molar-refractivity contribution in [3.8, 4) is 0 Å². The summed E-state index contributed by atoms with van der Waals surface area (Å²) in [6, 6.07) is 0. The van der Waals surface area contributed by atoms with Gasteiger partial charge in [-0.05, 0) is 52.0 Å². The van der Waals surface area contributed by atoms with Crippen LogP contribution in [-0.2, 0) is 0 Å². The molecule has 1 saturated heterocycles. The van der Waals surface area contributed by atoms with E-state index in [2.05, 4.69) is 26.1 Å². The Kier molecular flexibility index (Phi) is 2.94. The quantitative estimate of drug-likeness (QED) is 0.567. The molecule has 0 aromatic carbocycles. The van der Waals surface area contributed by atoms with E-state index in [0.29, 0.717) is 5.54 Å². The molecule has 1 heterocycles. The minimum Gasteiger partial charge on any atom is -0.312 e. The third-order valence-corrected chi connectivity index (χ3v) is 2.74. The summed E-state index contributed by atoms with van der Waals surface area (Å²) in [5.41, 5.74) is 0.384. The molecule has 1 N–H and O–H groups in total. The molecule has 0 saturated carbocycles. The summed E-state index contributed by atoms with van der Waals surface area (Å²) in [6.45, 7) is 8.20. The summed E-state index contributed by atoms with van der Waals surface area (Å²) < 4.78 is 0. The van der Waals surface area contributed by atoms with Crippen LogP contribution in [0.5, 0.6) is 0 Å². The van der Waals surface area contributed by atoms with E-state index in [4.69, 9.17) is 0 Å². The van der Waals surface area contributed by atoms with Gasteiger partial charge in [0, 0.05) is 5.54 Å². The fourth-order valence-electron chi connectivity index (χ4n) is 1.72. The maximum Gasteiger partial charge on any atom is 0.0125 e. The normalized spacial score (nSPS) is 32.5. The third-order valence-electron chi connectivity index (χ3n) is 2.74. The van der Waals surface area contributed by atoms with Crippen molar-refractivity contribution in [2.75, 3.05) is 6.54 Å². The molecule has 0 amide bonds. The molecule has 1 heteroatoms. The highest BCUT2D eigenvalue weighted by Crippen LogP contribution is 2.21. The van der Waals surface area contributed by atoms with Gasteiger partial charge in [0.2, 0.25) is 0 Å². The van der Waals surface area contributed by atoms with Gasteiger partial charge in [0.05, 0.1) is 0 Å². The molecule has 0 aliphatic carbocycles. The molecule has 66 valence electrons. The number of hydrogen-bond acceptors (Lipinski definition) is 1. The zero-order valence-electron chi connectivity index (χ0n) is 8.11. The molecule has 1 fully saturated rings. The average Bonchev–Trinajstić information content (AvgIpc) is 1.92. The Labute approximate surface area is 70.6 Å². The van der Waals surface area contributed by atoms with Crippen molar-refractivity contribution in [1.29, 1.82) is 0 Å². The molecule has 1 aliphatic heterocycles. The summed E-state index contributed by atoms with van der Waals surface area (Å²) in [6.07, 6.45) is 5.47. The van der Waals surface area contributed by atoms with Crippen molar-refractivity contribution in [2.24, 2.45) is 5.92 Å². The predicted octanol–water partition coefficient (Wildman–Crippen LogP) is 2.56. The van der Waals surface area contributed by atoms with Gasteiger partial charge in [-0.3, -0.25) is 0 Å². The van der Waals surface area contributed by atoms with E-state index in [0.717, 1.165) is 5.92 Å². The zero-order valence-corrected chi connectivity index (χ0v) is 8.11. The van der Waals surface area contributed by atoms with Crippen LogP contribution in [0.1, 0.15) is 46.5 Å². The molecule has 0 spiro atoms. The Bertz CT molecular complexity index is 118. The van der Waals surface area contributed by atoms with Crippen molar-refractivity contribution in [2.45, 2.75) is 52.0 Å². The second-order valence-electron chi connectivity index (χ2n) is 4.60. The maximum absolute atomic E-state index is 3.58. The van der Waals surface area contributed by atoms with Crippen LogP contribution in [0.2, 0.25) is 0 Å². The Morgan fingerprint density at radius 1 is 1.27 bits per heavy atom. The van der Waals surface area contributed by atoms with Crippen LogP contribution in [0.25, 0.3) is 0 Å². The predicted molar refractivity (Wildman–Crippen MR) is 49.7 cm³/mol. The fourth-order valence-corrected chi connectivity index (χ4v) is 1.72. The van der Waals surface area contributed by atoms with Crippen LogP contribution in [0, 0.1) is 5.92 Å². The molecule has 1 rings (SSSR count). The molecule has 0 radical (unpaired) electrons. The van der Waals surface area contributed by atoms with E-state index in [1.807, 2.05) is 0 Å². The first-order chi connectivity index (χ1) is 5.10. The van der Waals surface area contributed by atoms with Gasteiger partial charge < -0.3 is 5.32 Å². The van der Waals surface area contributed by atoms with Crippen LogP contribution in [0.15, 0.2) is 0 Å². The van der Waals surface area contributed by atoms with Gasteiger partial charge in [0.1, 0.15) is 0 Å². The standard InChI is InChI=1S/C10H21N/c1-9-5-4-8-11-10(2,3)7-6-9/h9,11H,4-8H2,1-3H3. The lowest BCUT2D eigenvalue weighted by atomic mass is 9.89. The molecule has 0 bridgehead atoms. The lowest BCUT2D eigenvalue weighted by Crippen LogP contribution is -2.41. The van der Waals surface area contributed by atoms with Gasteiger partial charge in [0.25, 0.3) is 0 Å². The van der Waals surface area contributed by atoms with Gasteiger partial charge in [0.15, 0.2) is 0 Å². The van der Waals surface area contributed by atoms with Gasteiger partial charge in [-0.2, -0.15) is 0 Å². The van der Waals surface area contributed by atoms with Crippen LogP contribution in [0.4, 0.5) is 0 Å². The van der Waals surface area contributed by atoms with E-state index in [-0.39, 0.29) is 0 Å². The van der Waals surface area contributed by atoms with E-state index < -0.39 is 0 Å². The topological polar surface area (TPSA) is 12.0 Å². The SMILES string of the molecule is CC1CCCNC(C)(C)CC1. The Hall–Kier alpha value is -0.0400. The first-order valence-corrected chi connectivity index (χ1v) is 4.85. The maximum atomic E-state index is 3.58. The minimum atomic E-state index is 0.384. The summed E-state index contributed by atoms with van der Waals surface area (Å²) in [5, 5.41) is 3.58. The van der Waals surface area contributed by atoms with E-state index in [1.54, 1.807) is 0 Å². The lowest BCUT2D eigenvalue weighted by Gasteiger charge is -2.30. The van der Waals surface area contributed by atoms with Gasteiger partial charge >= 0.3 is 0 Å². The van der Waals surface area contributed by atoms with Crippen molar-refractivity contribution in [1.82, 2.24) is 5.32 Å². The van der Waals surface area contributed by atoms with Gasteiger partial charge in [-0.15, -0.1) is 0 Å². The smallest absolute Gasteiger partial charge is 0.0125 e. The summed E-state index contributed by atoms with van der Waals surface area (Å²) >= 11 is 0. The Balaban J connectivity index is 2.38. The zero-order chi connectivity index (χ0) is 8.32. The molecule has 1 atom stereocenters. The second-order valence-corrected chi connectivity index (χ2v) is 4.60. The van der Waals surface area contributed by atoms with Crippen LogP contribution >= 0.6 is 0 Å². The molecule has 0 aromatic heterocycles. The summed E-state index contributed by atoms with van der Waals surface area (Å²) in [4.78, 5) is 0. The summed E-state index contributed by atoms with van der Waals surface area (Å²) in [7, 11) is 0. The van der Waals surface area contributed by atoms with Crippen molar-refractivity contribution >= 4 is 0 Å². The minimum absolute atomic E-state index is 0.384. The summed E-state index contributed by atoms with van der Waals surface area (Å²) in [5.74, 6) is 0.941. The molecule has 11 heavy (non-hydrogen) atoms. The number of hydrogen-bond donors (Lipinski definition) is 1. The van der Waals surface area contributed by atoms with Gasteiger partial charge in [-0.25, -0.2) is 0 Å². The first-order valence-electron chi connectivity index (χ1n) is 4.85. The number of rotatable bonds is 0. The van der Waals surface area contributed by atoms with E-state index in [9.17, 15) is 0 Å². The molecule has 1 nitrogen and oxygen atoms in total. The van der Waals surface area contributed by atoms with Crippen LogP contribution < -0.4 is 5.32 Å². The molecule has 1 unspecified atom stereocenters. The third kappa shape index (κ3) is 3.24. The van der Waals surface area contributed by atoms with Crippen molar-refractivity contribution < 1.29 is 0 Å². The largest absolute Gasteiger partial charge is 0.312 e. The molecule has 1 aliphatic rings. The second kappa shape index (κ2) is 3.57. The van der Waals surface area contributed by atoms with Gasteiger partial charge in [-0.1, -0.05) is 6.92 Å². The highest BCUT2D eigenvalue weighted by molar-refractivity contribution is 4.80. The molecule has 0 aromatic rings. The Morgan fingerprint density at radius 2 is 2.00 bits per heavy atom. The van der Waals surface area contributed by atoms with Crippen molar-refractivity contribution in [3.05, 3.63) is 0 Å². The number of nitrogens with one attached hydrogen (secondary N) is 1. The average molecular weight is 155 g/mol. The Morgan fingerprint density at radius 3 is 2.73 bits per heavy atom. The fraction of sp³-hybridized carbons (Fsp3) is 1.00. The van der Waals surface area contributed by atoms with Crippen molar-refractivity contribution in [3.63, 3.8) is 0 Å². The van der Waals surface area contributed by atoms with E-state index >= 15 is 0 Å². The first kappa shape index (κ1) is 9.05. The molecular formula is C10H21N. The monoisotopic (exact) mass is 155 g/mol. The molecular weight excluding hydrogens is 134 g/mol. The highest BCUT2D eigenvalue weighted by atomic mass is 14.9. The highest BCUT2D eigenvalue weighted by Gasteiger charge is 2.19. The van der Waals surface area contributed by atoms with Crippen LogP contribution in [-0.4, -0.2) is 12.1 Å².